The van der Waals surface area contributed by atoms with Crippen LogP contribution in [0.15, 0.2) is 0 Å². The zero-order valence-corrected chi connectivity index (χ0v) is 9.82. The summed E-state index contributed by atoms with van der Waals surface area (Å²) in [5.74, 6) is -0.719. The lowest BCUT2D eigenvalue weighted by molar-refractivity contribution is -0.148. The summed E-state index contributed by atoms with van der Waals surface area (Å²) >= 11 is 4.47. The van der Waals surface area contributed by atoms with Crippen LogP contribution in [0.4, 0.5) is 0 Å². The van der Waals surface area contributed by atoms with Crippen molar-refractivity contribution in [3.63, 3.8) is 0 Å². The largest absolute Gasteiger partial charge is 0.481 e. The van der Waals surface area contributed by atoms with Gasteiger partial charge >= 0.3 is 5.97 Å². The molecule has 78 valence electrons. The number of hydrogen-bond acceptors (Lipinski definition) is 2. The van der Waals surface area contributed by atoms with E-state index in [1.807, 2.05) is 20.8 Å². The topological polar surface area (TPSA) is 37.3 Å². The molecule has 0 radical (unpaired) electrons. The molecule has 0 amide bonds. The van der Waals surface area contributed by atoms with Gasteiger partial charge in [-0.25, -0.2) is 0 Å². The van der Waals surface area contributed by atoms with Crippen molar-refractivity contribution in [2.24, 2.45) is 5.41 Å². The third kappa shape index (κ3) is 3.59. The molecule has 0 bridgehead atoms. The highest BCUT2D eigenvalue weighted by atomic mass is 32.1. The lowest BCUT2D eigenvalue weighted by Crippen LogP contribution is -2.34. The molecular formula is C10H20O2S. The number of hydrogen-bond donors (Lipinski definition) is 2. The van der Waals surface area contributed by atoms with Crippen molar-refractivity contribution >= 4 is 18.6 Å². The van der Waals surface area contributed by atoms with Crippen molar-refractivity contribution in [3.05, 3.63) is 0 Å². The standard InChI is InChI=1S/C10H20O2S/c1-5-9(3,8(11)12)7-10(4,13)6-2/h13H,5-7H2,1-4H3,(H,11,12). The van der Waals surface area contributed by atoms with E-state index in [1.54, 1.807) is 6.92 Å². The average molecular weight is 204 g/mol. The quantitative estimate of drug-likeness (QED) is 0.676. The molecule has 0 aromatic rings. The Morgan fingerprint density at radius 1 is 1.31 bits per heavy atom. The molecule has 0 heterocycles. The van der Waals surface area contributed by atoms with E-state index in [0.717, 1.165) is 6.42 Å². The fraction of sp³-hybridized carbons (Fsp3) is 0.900. The lowest BCUT2D eigenvalue weighted by atomic mass is 9.78. The molecular weight excluding hydrogens is 184 g/mol. The second kappa shape index (κ2) is 4.36. The van der Waals surface area contributed by atoms with E-state index in [2.05, 4.69) is 12.6 Å². The van der Waals surface area contributed by atoms with E-state index in [0.29, 0.717) is 12.8 Å². The molecule has 0 aliphatic heterocycles. The Hall–Kier alpha value is -0.180. The fourth-order valence-electron chi connectivity index (χ4n) is 1.32. The molecule has 0 aromatic heterocycles. The number of carbonyl (C=O) groups is 1. The van der Waals surface area contributed by atoms with Gasteiger partial charge in [-0.3, -0.25) is 4.79 Å². The van der Waals surface area contributed by atoms with E-state index >= 15 is 0 Å². The number of thiol groups is 1. The minimum atomic E-state index is -0.719. The SMILES string of the molecule is CCC(C)(S)CC(C)(CC)C(=O)O. The van der Waals surface area contributed by atoms with Crippen LogP contribution in [0, 0.1) is 5.41 Å². The van der Waals surface area contributed by atoms with Gasteiger partial charge in [-0.1, -0.05) is 20.8 Å². The van der Waals surface area contributed by atoms with Crippen LogP contribution in [0.25, 0.3) is 0 Å². The van der Waals surface area contributed by atoms with Crippen LogP contribution >= 0.6 is 12.6 Å². The van der Waals surface area contributed by atoms with Crippen LogP contribution in [0.3, 0.4) is 0 Å². The van der Waals surface area contributed by atoms with Gasteiger partial charge in [0.25, 0.3) is 0 Å². The molecule has 13 heavy (non-hydrogen) atoms. The highest BCUT2D eigenvalue weighted by molar-refractivity contribution is 7.81. The molecule has 1 N–H and O–H groups in total. The second-order valence-corrected chi connectivity index (χ2v) is 5.33. The molecule has 0 fully saturated rings. The maximum absolute atomic E-state index is 11.0. The van der Waals surface area contributed by atoms with E-state index in [4.69, 9.17) is 5.11 Å². The molecule has 0 aliphatic rings. The number of carboxylic acids is 1. The molecule has 2 nitrogen and oxygen atoms in total. The highest BCUT2D eigenvalue weighted by Crippen LogP contribution is 2.36. The van der Waals surface area contributed by atoms with Gasteiger partial charge < -0.3 is 5.11 Å². The molecule has 2 unspecified atom stereocenters. The van der Waals surface area contributed by atoms with Gasteiger partial charge in [0.05, 0.1) is 5.41 Å². The Balaban J connectivity index is 4.54. The van der Waals surface area contributed by atoms with Crippen molar-refractivity contribution in [3.8, 4) is 0 Å². The summed E-state index contributed by atoms with van der Waals surface area (Å²) in [4.78, 5) is 11.0. The number of carboxylic acid groups (broad SMARTS) is 1. The van der Waals surface area contributed by atoms with Gasteiger partial charge in [0.1, 0.15) is 0 Å². The first-order chi connectivity index (χ1) is 5.77. The van der Waals surface area contributed by atoms with Crippen molar-refractivity contribution in [1.29, 1.82) is 0 Å². The lowest BCUT2D eigenvalue weighted by Gasteiger charge is -2.32. The summed E-state index contributed by atoms with van der Waals surface area (Å²) in [5, 5.41) is 9.06. The van der Waals surface area contributed by atoms with Gasteiger partial charge in [0.2, 0.25) is 0 Å². The van der Waals surface area contributed by atoms with E-state index in [-0.39, 0.29) is 4.75 Å². The third-order valence-electron chi connectivity index (χ3n) is 2.83. The van der Waals surface area contributed by atoms with Gasteiger partial charge in [-0.05, 0) is 26.2 Å². The summed E-state index contributed by atoms with van der Waals surface area (Å²) in [6.45, 7) is 7.73. The second-order valence-electron chi connectivity index (χ2n) is 4.25. The monoisotopic (exact) mass is 204 g/mol. The Morgan fingerprint density at radius 3 is 2.00 bits per heavy atom. The van der Waals surface area contributed by atoms with Crippen molar-refractivity contribution < 1.29 is 9.90 Å². The molecule has 3 heteroatoms. The Labute approximate surface area is 86.1 Å². The number of aliphatic carboxylic acids is 1. The highest BCUT2D eigenvalue weighted by Gasteiger charge is 2.36. The first kappa shape index (κ1) is 12.8. The predicted octanol–water partition coefficient (Wildman–Crippen LogP) is 2.98. The maximum atomic E-state index is 11.0. The molecule has 0 saturated heterocycles. The van der Waals surface area contributed by atoms with Gasteiger partial charge in [-0.15, -0.1) is 0 Å². The maximum Gasteiger partial charge on any atom is 0.309 e. The Kier molecular flexibility index (Phi) is 4.30. The van der Waals surface area contributed by atoms with Crippen LogP contribution in [0.1, 0.15) is 47.0 Å². The zero-order chi connectivity index (χ0) is 10.7. The predicted molar refractivity (Wildman–Crippen MR) is 58.3 cm³/mol. The van der Waals surface area contributed by atoms with Crippen molar-refractivity contribution in [2.45, 2.75) is 51.7 Å². The molecule has 0 rings (SSSR count). The summed E-state index contributed by atoms with van der Waals surface area (Å²) in [7, 11) is 0. The van der Waals surface area contributed by atoms with E-state index in [9.17, 15) is 4.79 Å². The van der Waals surface area contributed by atoms with Crippen LogP contribution in [0.2, 0.25) is 0 Å². The van der Waals surface area contributed by atoms with Crippen LogP contribution in [-0.2, 0) is 4.79 Å². The molecule has 0 saturated carbocycles. The zero-order valence-electron chi connectivity index (χ0n) is 8.92. The summed E-state index contributed by atoms with van der Waals surface area (Å²) < 4.78 is -0.177. The minimum absolute atomic E-state index is 0.177. The van der Waals surface area contributed by atoms with E-state index < -0.39 is 11.4 Å². The normalized spacial score (nSPS) is 20.4. The van der Waals surface area contributed by atoms with Gasteiger partial charge in [0, 0.05) is 4.75 Å². The Bertz CT molecular complexity index is 189. The third-order valence-corrected chi connectivity index (χ3v) is 3.30. The molecule has 0 aliphatic carbocycles. The Morgan fingerprint density at radius 2 is 1.77 bits per heavy atom. The smallest absolute Gasteiger partial charge is 0.309 e. The first-order valence-electron chi connectivity index (χ1n) is 4.73. The van der Waals surface area contributed by atoms with Crippen molar-refractivity contribution in [1.82, 2.24) is 0 Å². The van der Waals surface area contributed by atoms with Crippen LogP contribution in [0.5, 0.6) is 0 Å². The minimum Gasteiger partial charge on any atom is -0.481 e. The fourth-order valence-corrected chi connectivity index (χ4v) is 1.67. The summed E-state index contributed by atoms with van der Waals surface area (Å²) in [6.07, 6.45) is 2.16. The number of rotatable bonds is 5. The van der Waals surface area contributed by atoms with E-state index in [1.165, 1.54) is 0 Å². The van der Waals surface area contributed by atoms with Crippen molar-refractivity contribution in [2.75, 3.05) is 0 Å². The molecule has 0 aromatic carbocycles. The average Bonchev–Trinajstić information content (AvgIpc) is 2.03. The van der Waals surface area contributed by atoms with Gasteiger partial charge in [0.15, 0.2) is 0 Å². The van der Waals surface area contributed by atoms with Crippen LogP contribution in [-0.4, -0.2) is 15.8 Å². The summed E-state index contributed by atoms with van der Waals surface area (Å²) in [5.41, 5.74) is -0.632. The summed E-state index contributed by atoms with van der Waals surface area (Å²) in [6, 6.07) is 0. The van der Waals surface area contributed by atoms with Crippen LogP contribution < -0.4 is 0 Å². The first-order valence-corrected chi connectivity index (χ1v) is 5.18. The van der Waals surface area contributed by atoms with Gasteiger partial charge in [-0.2, -0.15) is 12.6 Å². The molecule has 0 spiro atoms. The molecule has 2 atom stereocenters.